The van der Waals surface area contributed by atoms with Gasteiger partial charge in [-0.3, -0.25) is 9.69 Å². The van der Waals surface area contributed by atoms with Crippen LogP contribution in [-0.4, -0.2) is 29.6 Å². The summed E-state index contributed by atoms with van der Waals surface area (Å²) in [5.74, 6) is 0.190. The highest BCUT2D eigenvalue weighted by molar-refractivity contribution is 8.18. The van der Waals surface area contributed by atoms with E-state index in [0.29, 0.717) is 16.7 Å². The third-order valence-electron chi connectivity index (χ3n) is 3.70. The number of likely N-dealkylation sites (N-methyl/N-ethyl adjacent to an activating group) is 1. The average molecular weight is 370 g/mol. The number of rotatable bonds is 5. The Labute approximate surface area is 156 Å². The molecule has 0 atom stereocenters. The first kappa shape index (κ1) is 18.2. The lowest BCUT2D eigenvalue weighted by Crippen LogP contribution is -2.23. The summed E-state index contributed by atoms with van der Waals surface area (Å²) in [5, 5.41) is 0.449. The molecule has 2 aromatic carbocycles. The smallest absolute Gasteiger partial charge is 0.266 e. The van der Waals surface area contributed by atoms with E-state index in [1.54, 1.807) is 31.3 Å². The van der Waals surface area contributed by atoms with Crippen LogP contribution in [0.2, 0.25) is 0 Å². The van der Waals surface area contributed by atoms with Gasteiger partial charge in [-0.05, 0) is 54.1 Å². The monoisotopic (exact) mass is 370 g/mol. The molecule has 1 heterocycles. The number of benzene rings is 2. The number of aliphatic imine (C=N–C) groups is 1. The van der Waals surface area contributed by atoms with Crippen LogP contribution in [0.4, 0.5) is 10.1 Å². The second-order valence-electron chi connectivity index (χ2n) is 5.74. The number of nitrogens with zero attached hydrogens (tertiary/aromatic N) is 2. The van der Waals surface area contributed by atoms with Gasteiger partial charge in [0.15, 0.2) is 5.17 Å². The lowest BCUT2D eigenvalue weighted by Gasteiger charge is -2.07. The third-order valence-corrected chi connectivity index (χ3v) is 4.76. The Morgan fingerprint density at radius 3 is 2.81 bits per heavy atom. The quantitative estimate of drug-likeness (QED) is 0.707. The van der Waals surface area contributed by atoms with Crippen LogP contribution in [-0.2, 0) is 4.79 Å². The molecule has 0 aliphatic carbocycles. The van der Waals surface area contributed by atoms with E-state index in [4.69, 9.17) is 4.74 Å². The predicted molar refractivity (Wildman–Crippen MR) is 104 cm³/mol. The zero-order valence-corrected chi connectivity index (χ0v) is 15.4. The molecule has 1 aliphatic heterocycles. The maximum atomic E-state index is 13.8. The first-order valence-electron chi connectivity index (χ1n) is 8.32. The van der Waals surface area contributed by atoms with Gasteiger partial charge in [-0.1, -0.05) is 31.2 Å². The number of hydrogen-bond acceptors (Lipinski definition) is 4. The maximum absolute atomic E-state index is 13.8. The van der Waals surface area contributed by atoms with Gasteiger partial charge in [-0.15, -0.1) is 0 Å². The summed E-state index contributed by atoms with van der Waals surface area (Å²) in [7, 11) is 1.64. The number of hydrogen-bond donors (Lipinski definition) is 0. The first-order chi connectivity index (χ1) is 12.6. The lowest BCUT2D eigenvalue weighted by atomic mass is 10.2. The van der Waals surface area contributed by atoms with E-state index in [9.17, 15) is 9.18 Å². The molecule has 26 heavy (non-hydrogen) atoms. The van der Waals surface area contributed by atoms with Gasteiger partial charge >= 0.3 is 0 Å². The van der Waals surface area contributed by atoms with Crippen LogP contribution >= 0.6 is 11.8 Å². The minimum atomic E-state index is -0.417. The van der Waals surface area contributed by atoms with Crippen molar-refractivity contribution in [2.24, 2.45) is 4.99 Å². The SMILES string of the molecule is CCCOc1cccc(/C=C2/SC(=Nc3ccccc3F)N(C)C2=O)c1. The van der Waals surface area contributed by atoms with Crippen molar-refractivity contribution in [3.63, 3.8) is 0 Å². The van der Waals surface area contributed by atoms with Crippen molar-refractivity contribution in [1.29, 1.82) is 0 Å². The van der Waals surface area contributed by atoms with Gasteiger partial charge in [0.05, 0.1) is 11.5 Å². The van der Waals surface area contributed by atoms with Crippen LogP contribution in [0.1, 0.15) is 18.9 Å². The fourth-order valence-corrected chi connectivity index (χ4v) is 3.34. The lowest BCUT2D eigenvalue weighted by molar-refractivity contribution is -0.121. The van der Waals surface area contributed by atoms with Crippen molar-refractivity contribution in [1.82, 2.24) is 4.90 Å². The summed E-state index contributed by atoms with van der Waals surface area (Å²) in [6.07, 6.45) is 2.73. The number of carbonyl (C=O) groups excluding carboxylic acids is 1. The second kappa shape index (κ2) is 8.19. The van der Waals surface area contributed by atoms with Crippen molar-refractivity contribution in [2.45, 2.75) is 13.3 Å². The Kier molecular flexibility index (Phi) is 5.73. The minimum absolute atomic E-state index is 0.162. The third kappa shape index (κ3) is 4.14. The van der Waals surface area contributed by atoms with Crippen LogP contribution in [0.25, 0.3) is 6.08 Å². The Balaban J connectivity index is 1.85. The largest absolute Gasteiger partial charge is 0.494 e. The van der Waals surface area contributed by atoms with Gasteiger partial charge in [0.2, 0.25) is 0 Å². The van der Waals surface area contributed by atoms with E-state index < -0.39 is 5.82 Å². The molecule has 2 aromatic rings. The molecular weight excluding hydrogens is 351 g/mol. The van der Waals surface area contributed by atoms with E-state index in [0.717, 1.165) is 17.7 Å². The van der Waals surface area contributed by atoms with Crippen molar-refractivity contribution >= 4 is 34.6 Å². The molecule has 134 valence electrons. The summed E-state index contributed by atoms with van der Waals surface area (Å²) < 4.78 is 19.4. The van der Waals surface area contributed by atoms with Crippen molar-refractivity contribution in [3.8, 4) is 5.75 Å². The van der Waals surface area contributed by atoms with E-state index >= 15 is 0 Å². The average Bonchev–Trinajstić information content (AvgIpc) is 2.90. The number of halogens is 1. The summed E-state index contributed by atoms with van der Waals surface area (Å²) in [5.41, 5.74) is 1.08. The normalized spacial score (nSPS) is 17.3. The molecule has 0 aromatic heterocycles. The molecule has 0 unspecified atom stereocenters. The molecule has 0 saturated carbocycles. The molecule has 1 aliphatic rings. The highest BCUT2D eigenvalue weighted by atomic mass is 32.2. The zero-order valence-electron chi connectivity index (χ0n) is 14.6. The zero-order chi connectivity index (χ0) is 18.5. The second-order valence-corrected chi connectivity index (χ2v) is 6.75. The highest BCUT2D eigenvalue weighted by Crippen LogP contribution is 2.34. The molecule has 0 bridgehead atoms. The van der Waals surface area contributed by atoms with Crippen molar-refractivity contribution in [2.75, 3.05) is 13.7 Å². The topological polar surface area (TPSA) is 41.9 Å². The number of para-hydroxylation sites is 1. The van der Waals surface area contributed by atoms with E-state index in [1.165, 1.54) is 22.7 Å². The Hall–Kier alpha value is -2.60. The van der Waals surface area contributed by atoms with Crippen LogP contribution in [0, 0.1) is 5.82 Å². The molecule has 3 rings (SSSR count). The van der Waals surface area contributed by atoms with Crippen LogP contribution in [0.5, 0.6) is 5.75 Å². The minimum Gasteiger partial charge on any atom is -0.494 e. The number of ether oxygens (including phenoxy) is 1. The molecular formula is C20H19FN2O2S. The van der Waals surface area contributed by atoms with Gasteiger partial charge in [-0.2, -0.15) is 0 Å². The Bertz CT molecular complexity index is 880. The van der Waals surface area contributed by atoms with E-state index in [1.807, 2.05) is 31.2 Å². The number of thioether (sulfide) groups is 1. The molecule has 6 heteroatoms. The van der Waals surface area contributed by atoms with Gasteiger partial charge in [-0.25, -0.2) is 9.38 Å². The van der Waals surface area contributed by atoms with E-state index in [-0.39, 0.29) is 11.6 Å². The van der Waals surface area contributed by atoms with Gasteiger partial charge < -0.3 is 4.74 Å². The van der Waals surface area contributed by atoms with Gasteiger partial charge in [0.25, 0.3) is 5.91 Å². The maximum Gasteiger partial charge on any atom is 0.266 e. The number of amides is 1. The van der Waals surface area contributed by atoms with E-state index in [2.05, 4.69) is 4.99 Å². The van der Waals surface area contributed by atoms with Gasteiger partial charge in [0.1, 0.15) is 17.3 Å². The fraction of sp³-hybridized carbons (Fsp3) is 0.200. The van der Waals surface area contributed by atoms with Crippen LogP contribution < -0.4 is 4.74 Å². The molecule has 0 radical (unpaired) electrons. The van der Waals surface area contributed by atoms with Crippen LogP contribution in [0.15, 0.2) is 58.4 Å². The molecule has 1 fully saturated rings. The molecule has 4 nitrogen and oxygen atoms in total. The van der Waals surface area contributed by atoms with Crippen molar-refractivity contribution < 1.29 is 13.9 Å². The summed E-state index contributed by atoms with van der Waals surface area (Å²) in [4.78, 5) is 18.7. The Morgan fingerprint density at radius 1 is 1.23 bits per heavy atom. The molecule has 1 amide bonds. The molecule has 0 N–H and O–H groups in total. The first-order valence-corrected chi connectivity index (χ1v) is 9.14. The highest BCUT2D eigenvalue weighted by Gasteiger charge is 2.30. The molecule has 0 spiro atoms. The fourth-order valence-electron chi connectivity index (χ4n) is 2.36. The summed E-state index contributed by atoms with van der Waals surface area (Å²) >= 11 is 1.23. The Morgan fingerprint density at radius 2 is 2.04 bits per heavy atom. The van der Waals surface area contributed by atoms with Gasteiger partial charge in [0, 0.05) is 7.05 Å². The summed E-state index contributed by atoms with van der Waals surface area (Å²) in [6, 6.07) is 13.8. The standard InChI is InChI=1S/C20H19FN2O2S/c1-3-11-25-15-8-6-7-14(12-15)13-18-19(24)23(2)20(26-18)22-17-10-5-4-9-16(17)21/h4-10,12-13H,3,11H2,1-2H3/b18-13+,22-20?. The molecule has 1 saturated heterocycles. The summed E-state index contributed by atoms with van der Waals surface area (Å²) in [6.45, 7) is 2.70. The van der Waals surface area contributed by atoms with Crippen LogP contribution in [0.3, 0.4) is 0 Å². The number of carbonyl (C=O) groups is 1. The predicted octanol–water partition coefficient (Wildman–Crippen LogP) is 4.85. The van der Waals surface area contributed by atoms with Crippen molar-refractivity contribution in [3.05, 3.63) is 64.8 Å². The number of amidine groups is 1.